The van der Waals surface area contributed by atoms with Crippen LogP contribution in [0.1, 0.15) is 48.7 Å². The lowest BCUT2D eigenvalue weighted by Crippen LogP contribution is -2.48. The summed E-state index contributed by atoms with van der Waals surface area (Å²) in [5.41, 5.74) is 1.43. The third-order valence-electron chi connectivity index (χ3n) is 7.87. The molecule has 10 nitrogen and oxygen atoms in total. The molecule has 2 N–H and O–H groups in total. The van der Waals surface area contributed by atoms with E-state index in [1.54, 1.807) is 6.20 Å². The van der Waals surface area contributed by atoms with Crippen molar-refractivity contribution in [3.8, 4) is 0 Å². The Labute approximate surface area is 254 Å². The first-order chi connectivity index (χ1) is 19.1. The molecule has 2 aliphatic carbocycles. The van der Waals surface area contributed by atoms with E-state index in [1.807, 2.05) is 28.5 Å². The quantitative estimate of drug-likeness (QED) is 0.315. The van der Waals surface area contributed by atoms with Crippen LogP contribution in [-0.2, 0) is 24.3 Å². The molecule has 4 aliphatic rings. The first kappa shape index (κ1) is 28.1. The van der Waals surface area contributed by atoms with Crippen molar-refractivity contribution in [3.63, 3.8) is 0 Å². The van der Waals surface area contributed by atoms with Crippen LogP contribution < -0.4 is 10.0 Å². The van der Waals surface area contributed by atoms with E-state index in [0.29, 0.717) is 52.9 Å². The minimum absolute atomic E-state index is 0.0174. The lowest BCUT2D eigenvalue weighted by atomic mass is 9.95. The molecule has 1 spiro atoms. The van der Waals surface area contributed by atoms with E-state index < -0.39 is 39.2 Å². The van der Waals surface area contributed by atoms with Crippen molar-refractivity contribution in [2.75, 3.05) is 20.2 Å². The Morgan fingerprint density at radius 1 is 1.32 bits per heavy atom. The number of nitrogens with one attached hydrogen (secondary N) is 2. The van der Waals surface area contributed by atoms with E-state index in [0.717, 1.165) is 16.4 Å². The maximum Gasteiger partial charge on any atom is 0.338 e. The van der Waals surface area contributed by atoms with Gasteiger partial charge in [-0.15, -0.1) is 11.3 Å². The number of nitrogens with zero attached hydrogens (tertiary/aromatic N) is 3. The molecule has 14 heteroatoms. The van der Waals surface area contributed by atoms with Crippen LogP contribution in [-0.4, -0.2) is 67.5 Å². The van der Waals surface area contributed by atoms with E-state index in [-0.39, 0.29) is 17.5 Å². The van der Waals surface area contributed by atoms with Gasteiger partial charge in [0, 0.05) is 39.5 Å². The minimum atomic E-state index is -3.69. The Kier molecular flexibility index (Phi) is 7.47. The molecule has 2 aromatic rings. The zero-order chi connectivity index (χ0) is 28.2. The number of likely N-dealkylation sites (tertiary alicyclic amines) is 1. The Balaban J connectivity index is 1.39. The molecule has 1 aromatic carbocycles. The molecule has 1 amide bonds. The number of sulfonamides is 1. The second kappa shape index (κ2) is 10.6. The van der Waals surface area contributed by atoms with Crippen molar-refractivity contribution in [2.45, 2.75) is 49.4 Å². The van der Waals surface area contributed by atoms with E-state index >= 15 is 0 Å². The number of halogens is 2. The molecule has 0 bridgehead atoms. The zero-order valence-corrected chi connectivity index (χ0v) is 26.1. The highest BCUT2D eigenvalue weighted by atomic mass is 127. The summed E-state index contributed by atoms with van der Waals surface area (Å²) >= 11 is 10.3. The predicted octanol–water partition coefficient (Wildman–Crippen LogP) is 3.38. The summed E-state index contributed by atoms with van der Waals surface area (Å²) in [6.45, 7) is 0.808. The predicted molar refractivity (Wildman–Crippen MR) is 159 cm³/mol. The lowest BCUT2D eigenvalue weighted by Gasteiger charge is -2.31. The van der Waals surface area contributed by atoms with E-state index in [2.05, 4.69) is 37.6 Å². The van der Waals surface area contributed by atoms with Crippen LogP contribution in [0.3, 0.4) is 0 Å². The van der Waals surface area contributed by atoms with E-state index in [1.165, 1.54) is 18.4 Å². The number of hydrogen-bond acceptors (Lipinski definition) is 10. The molecular weight excluding hydrogens is 689 g/mol. The second-order valence-corrected chi connectivity index (χ2v) is 15.1. The minimum Gasteiger partial charge on any atom is -0.466 e. The summed E-state index contributed by atoms with van der Waals surface area (Å²) in [5, 5.41) is 5.77. The van der Waals surface area contributed by atoms with Gasteiger partial charge in [0.25, 0.3) is 5.91 Å². The third-order valence-corrected chi connectivity index (χ3v) is 12.1. The molecule has 3 heterocycles. The molecule has 6 rings (SSSR count). The fourth-order valence-electron chi connectivity index (χ4n) is 5.46. The number of aliphatic imine (C=N–C) groups is 1. The molecule has 212 valence electrons. The topological polar surface area (TPSA) is 130 Å². The highest BCUT2D eigenvalue weighted by molar-refractivity contribution is 14.1. The fraction of sp³-hybridized carbons (Fsp3) is 0.462. The number of carbonyl (C=O) groups is 2. The molecule has 2 saturated carbocycles. The van der Waals surface area contributed by atoms with Gasteiger partial charge in [-0.25, -0.2) is 18.2 Å². The average molecular weight is 716 g/mol. The summed E-state index contributed by atoms with van der Waals surface area (Å²) in [7, 11) is -2.37. The standard InChI is InChI=1S/C26H27ClIN5O5S2/c1-38-25(35)19-17(12-33-13-26(7-8-26)11-18(33)23(34)32-40(36,37)14-5-6-14)30-22(24-29-9-10-39-24)31-21(19)15-3-2-4-16(28)20(15)27/h2-4,9-10,14,18,21H,5-8,11-13H2,1H3,(H,30,31)(H,32,34)/t18-,21-/m0/s1. The number of thiazole rings is 1. The van der Waals surface area contributed by atoms with Gasteiger partial charge in [0.2, 0.25) is 10.0 Å². The van der Waals surface area contributed by atoms with Gasteiger partial charge >= 0.3 is 5.97 Å². The van der Waals surface area contributed by atoms with Crippen LogP contribution in [0.25, 0.3) is 0 Å². The summed E-state index contributed by atoms with van der Waals surface area (Å²) in [6, 6.07) is 4.14. The number of esters is 1. The van der Waals surface area contributed by atoms with Gasteiger partial charge in [-0.2, -0.15) is 0 Å². The second-order valence-electron chi connectivity index (χ2n) is 10.7. The van der Waals surface area contributed by atoms with Crippen LogP contribution in [0, 0.1) is 8.99 Å². The normalized spacial score (nSPS) is 24.0. The Morgan fingerprint density at radius 2 is 2.10 bits per heavy atom. The van der Waals surface area contributed by atoms with Gasteiger partial charge in [-0.05, 0) is 66.2 Å². The Hall–Kier alpha value is -2.07. The Bertz CT molecular complexity index is 1540. The van der Waals surface area contributed by atoms with Crippen molar-refractivity contribution in [1.82, 2.24) is 19.9 Å². The van der Waals surface area contributed by atoms with Crippen LogP contribution >= 0.6 is 45.5 Å². The lowest BCUT2D eigenvalue weighted by molar-refractivity contribution is -0.136. The molecule has 3 fully saturated rings. The van der Waals surface area contributed by atoms with Crippen LogP contribution in [0.4, 0.5) is 0 Å². The van der Waals surface area contributed by atoms with E-state index in [9.17, 15) is 18.0 Å². The third kappa shape index (κ3) is 5.42. The fourth-order valence-corrected chi connectivity index (χ4v) is 8.13. The van der Waals surface area contributed by atoms with Gasteiger partial charge in [-0.3, -0.25) is 19.4 Å². The average Bonchev–Trinajstić information content (AvgIpc) is 3.82. The maximum atomic E-state index is 13.3. The molecule has 0 radical (unpaired) electrons. The van der Waals surface area contributed by atoms with Crippen molar-refractivity contribution < 1.29 is 22.7 Å². The van der Waals surface area contributed by atoms with Crippen molar-refractivity contribution >= 4 is 73.3 Å². The number of ether oxygens (including phenoxy) is 1. The maximum absolute atomic E-state index is 13.3. The number of amides is 1. The molecule has 1 saturated heterocycles. The summed E-state index contributed by atoms with van der Waals surface area (Å²) in [4.78, 5) is 37.9. The molecule has 1 aromatic heterocycles. The number of carbonyl (C=O) groups excluding carboxylic acids is 2. The zero-order valence-electron chi connectivity index (χ0n) is 21.5. The van der Waals surface area contributed by atoms with Crippen molar-refractivity contribution in [3.05, 3.63) is 60.2 Å². The summed E-state index contributed by atoms with van der Waals surface area (Å²) < 4.78 is 33.5. The number of aromatic nitrogens is 1. The summed E-state index contributed by atoms with van der Waals surface area (Å²) in [6.07, 6.45) is 5.34. The number of methoxy groups -OCH3 is 1. The monoisotopic (exact) mass is 715 g/mol. The van der Waals surface area contributed by atoms with Crippen molar-refractivity contribution in [2.24, 2.45) is 10.4 Å². The number of hydrogen-bond donors (Lipinski definition) is 2. The number of rotatable bonds is 8. The highest BCUT2D eigenvalue weighted by Crippen LogP contribution is 2.55. The smallest absolute Gasteiger partial charge is 0.338 e. The van der Waals surface area contributed by atoms with Gasteiger partial charge in [0.05, 0.1) is 29.0 Å². The van der Waals surface area contributed by atoms with Crippen molar-refractivity contribution in [1.29, 1.82) is 0 Å². The van der Waals surface area contributed by atoms with Gasteiger partial charge in [0.15, 0.2) is 10.8 Å². The number of amidine groups is 1. The van der Waals surface area contributed by atoms with Gasteiger partial charge in [-0.1, -0.05) is 23.7 Å². The number of benzene rings is 1. The largest absolute Gasteiger partial charge is 0.466 e. The first-order valence-corrected chi connectivity index (χ1v) is 16.8. The van der Waals surface area contributed by atoms with Gasteiger partial charge in [0.1, 0.15) is 6.04 Å². The highest BCUT2D eigenvalue weighted by Gasteiger charge is 2.55. The van der Waals surface area contributed by atoms with E-state index in [4.69, 9.17) is 21.3 Å². The molecule has 2 aliphatic heterocycles. The van der Waals surface area contributed by atoms with Crippen LogP contribution in [0.2, 0.25) is 5.02 Å². The molecule has 0 unspecified atom stereocenters. The molecular formula is C26H27ClIN5O5S2. The molecule has 40 heavy (non-hydrogen) atoms. The van der Waals surface area contributed by atoms with Crippen LogP contribution in [0.5, 0.6) is 0 Å². The van der Waals surface area contributed by atoms with Gasteiger partial charge < -0.3 is 10.1 Å². The Morgan fingerprint density at radius 3 is 2.75 bits per heavy atom. The summed E-state index contributed by atoms with van der Waals surface area (Å²) in [5.74, 6) is -0.602. The SMILES string of the molecule is COC(=O)C1=C(CN2CC3(CC3)C[C@H]2C(=O)NS(=O)(=O)C2CC2)NC(c2nccs2)=N[C@H]1c1cccc(I)c1Cl. The molecule has 2 atom stereocenters. The first-order valence-electron chi connectivity index (χ1n) is 12.9. The van der Waals surface area contributed by atoms with Crippen LogP contribution in [0.15, 0.2) is 46.0 Å².